The minimum atomic E-state index is -0.227. The van der Waals surface area contributed by atoms with E-state index in [1.54, 1.807) is 0 Å². The van der Waals surface area contributed by atoms with Gasteiger partial charge in [0.25, 0.3) is 9.03 Å². The summed E-state index contributed by atoms with van der Waals surface area (Å²) in [5, 5.41) is 0. The predicted molar refractivity (Wildman–Crippen MR) is 40.0 cm³/mol. The number of rotatable bonds is 0. The first-order chi connectivity index (χ1) is 3.96. The highest BCUT2D eigenvalue weighted by Gasteiger charge is 2.50. The van der Waals surface area contributed by atoms with E-state index in [9.17, 15) is 0 Å². The van der Waals surface area contributed by atoms with Crippen molar-refractivity contribution in [3.63, 3.8) is 0 Å². The number of hydrogen-bond acceptors (Lipinski definition) is 2. The second-order valence-electron chi connectivity index (χ2n) is 3.35. The van der Waals surface area contributed by atoms with Gasteiger partial charge in [-0.05, 0) is 27.7 Å². The maximum absolute atomic E-state index is 5.42. The van der Waals surface area contributed by atoms with Crippen LogP contribution in [0, 0.1) is 0 Å². The van der Waals surface area contributed by atoms with Gasteiger partial charge in [-0.2, -0.15) is 0 Å². The summed E-state index contributed by atoms with van der Waals surface area (Å²) in [5.41, 5.74) is -0.190. The zero-order valence-electron chi connectivity index (χ0n) is 6.39. The van der Waals surface area contributed by atoms with E-state index < -0.39 is 0 Å². The third kappa shape index (κ3) is 1.12. The molecule has 0 spiro atoms. The standard InChI is InChI=1S/C6H14O2P/c1-5(2)6(3,4)8-9-7-5/h9H2,1-4H3/q+1. The van der Waals surface area contributed by atoms with E-state index in [1.807, 2.05) is 0 Å². The molecule has 1 saturated heterocycles. The molecule has 0 bridgehead atoms. The molecule has 1 aliphatic rings. The van der Waals surface area contributed by atoms with Crippen molar-refractivity contribution < 1.29 is 9.05 Å². The van der Waals surface area contributed by atoms with Crippen molar-refractivity contribution in [3.05, 3.63) is 0 Å². The van der Waals surface area contributed by atoms with E-state index in [-0.39, 0.29) is 20.2 Å². The zero-order chi connectivity index (χ0) is 7.12. The summed E-state index contributed by atoms with van der Waals surface area (Å²) in [7, 11) is -0.227. The highest BCUT2D eigenvalue weighted by atomic mass is 31.1. The van der Waals surface area contributed by atoms with Gasteiger partial charge in [0.2, 0.25) is 0 Å². The molecule has 0 aromatic rings. The fourth-order valence-electron chi connectivity index (χ4n) is 0.548. The van der Waals surface area contributed by atoms with E-state index in [0.29, 0.717) is 0 Å². The molecule has 0 unspecified atom stereocenters. The van der Waals surface area contributed by atoms with Gasteiger partial charge in [0.1, 0.15) is 11.2 Å². The summed E-state index contributed by atoms with van der Waals surface area (Å²) in [4.78, 5) is 0. The van der Waals surface area contributed by atoms with Crippen LogP contribution in [-0.4, -0.2) is 11.2 Å². The molecule has 3 heteroatoms. The molecule has 0 aliphatic carbocycles. The van der Waals surface area contributed by atoms with Crippen molar-refractivity contribution in [3.8, 4) is 0 Å². The smallest absolute Gasteiger partial charge is 0.203 e. The lowest BCUT2D eigenvalue weighted by Crippen LogP contribution is -2.41. The van der Waals surface area contributed by atoms with Crippen LogP contribution in [0.1, 0.15) is 27.7 Å². The monoisotopic (exact) mass is 149 g/mol. The molecule has 0 aromatic carbocycles. The third-order valence-electron chi connectivity index (χ3n) is 2.14. The molecule has 1 aliphatic heterocycles. The Bertz CT molecular complexity index is 106. The fourth-order valence-corrected chi connectivity index (χ4v) is 1.65. The summed E-state index contributed by atoms with van der Waals surface area (Å²) < 4.78 is 10.8. The highest BCUT2D eigenvalue weighted by molar-refractivity contribution is 7.26. The maximum Gasteiger partial charge on any atom is 0.252 e. The van der Waals surface area contributed by atoms with E-state index in [2.05, 4.69) is 27.7 Å². The number of hydrogen-bond donors (Lipinski definition) is 0. The molecule has 0 saturated carbocycles. The second kappa shape index (κ2) is 1.91. The van der Waals surface area contributed by atoms with Gasteiger partial charge in [0.15, 0.2) is 0 Å². The van der Waals surface area contributed by atoms with Crippen molar-refractivity contribution >= 4 is 9.03 Å². The van der Waals surface area contributed by atoms with Gasteiger partial charge < -0.3 is 0 Å². The van der Waals surface area contributed by atoms with E-state index in [1.165, 1.54) is 0 Å². The average molecular weight is 149 g/mol. The lowest BCUT2D eigenvalue weighted by molar-refractivity contribution is 0.00578. The lowest BCUT2D eigenvalue weighted by Gasteiger charge is -2.25. The topological polar surface area (TPSA) is 18.5 Å². The molecule has 0 aromatic heterocycles. The van der Waals surface area contributed by atoms with Crippen LogP contribution in [0.3, 0.4) is 0 Å². The summed E-state index contributed by atoms with van der Waals surface area (Å²) >= 11 is 0. The first-order valence-corrected chi connectivity index (χ1v) is 4.07. The molecule has 1 heterocycles. The minimum absolute atomic E-state index is 0.0949. The van der Waals surface area contributed by atoms with Crippen LogP contribution in [0.4, 0.5) is 0 Å². The molecular formula is C6H14O2P+. The van der Waals surface area contributed by atoms with Crippen LogP contribution in [0.5, 0.6) is 0 Å². The Morgan fingerprint density at radius 3 is 1.33 bits per heavy atom. The fraction of sp³-hybridized carbons (Fsp3) is 1.00. The molecule has 54 valence electrons. The quantitative estimate of drug-likeness (QED) is 0.489. The maximum atomic E-state index is 5.42. The molecule has 0 atom stereocenters. The van der Waals surface area contributed by atoms with Gasteiger partial charge in [-0.25, -0.2) is 9.05 Å². The Balaban J connectivity index is 2.75. The SMILES string of the molecule is CC1(C)O[PH2+]OC1(C)C. The first-order valence-electron chi connectivity index (χ1n) is 3.13. The summed E-state index contributed by atoms with van der Waals surface area (Å²) in [6, 6.07) is 0. The van der Waals surface area contributed by atoms with Crippen molar-refractivity contribution in [2.24, 2.45) is 0 Å². The summed E-state index contributed by atoms with van der Waals surface area (Å²) in [5.74, 6) is 0. The molecular weight excluding hydrogens is 135 g/mol. The molecule has 1 rings (SSSR count). The molecule has 0 N–H and O–H groups in total. The Morgan fingerprint density at radius 2 is 1.22 bits per heavy atom. The molecule has 0 radical (unpaired) electrons. The second-order valence-corrected chi connectivity index (χ2v) is 4.02. The summed E-state index contributed by atoms with van der Waals surface area (Å²) in [6.45, 7) is 8.25. The van der Waals surface area contributed by atoms with Gasteiger partial charge in [-0.1, -0.05) is 0 Å². The van der Waals surface area contributed by atoms with Crippen molar-refractivity contribution in [1.29, 1.82) is 0 Å². The highest BCUT2D eigenvalue weighted by Crippen LogP contribution is 2.46. The van der Waals surface area contributed by atoms with Crippen LogP contribution in [0.2, 0.25) is 0 Å². The molecule has 9 heavy (non-hydrogen) atoms. The van der Waals surface area contributed by atoms with Gasteiger partial charge in [0.05, 0.1) is 0 Å². The third-order valence-corrected chi connectivity index (χ3v) is 3.51. The van der Waals surface area contributed by atoms with Crippen LogP contribution < -0.4 is 0 Å². The Kier molecular flexibility index (Phi) is 1.59. The zero-order valence-corrected chi connectivity index (χ0v) is 7.55. The summed E-state index contributed by atoms with van der Waals surface area (Å²) in [6.07, 6.45) is 0. The van der Waals surface area contributed by atoms with Crippen LogP contribution in [-0.2, 0) is 9.05 Å². The average Bonchev–Trinajstić information content (AvgIpc) is 1.81. The normalized spacial score (nSPS) is 30.7. The molecule has 0 amide bonds. The largest absolute Gasteiger partial charge is 0.252 e. The van der Waals surface area contributed by atoms with E-state index in [0.717, 1.165) is 0 Å². The molecule has 1 fully saturated rings. The van der Waals surface area contributed by atoms with Gasteiger partial charge >= 0.3 is 0 Å². The lowest BCUT2D eigenvalue weighted by atomic mass is 9.90. The molecule has 2 nitrogen and oxygen atoms in total. The van der Waals surface area contributed by atoms with Crippen molar-refractivity contribution in [1.82, 2.24) is 0 Å². The van der Waals surface area contributed by atoms with Gasteiger partial charge in [0, 0.05) is 0 Å². The first kappa shape index (κ1) is 7.46. The Hall–Kier alpha value is 0.350. The van der Waals surface area contributed by atoms with Gasteiger partial charge in [-0.3, -0.25) is 0 Å². The van der Waals surface area contributed by atoms with E-state index in [4.69, 9.17) is 9.05 Å². The van der Waals surface area contributed by atoms with Crippen LogP contribution >= 0.6 is 9.03 Å². The Morgan fingerprint density at radius 1 is 0.889 bits per heavy atom. The minimum Gasteiger partial charge on any atom is -0.203 e. The van der Waals surface area contributed by atoms with E-state index >= 15 is 0 Å². The predicted octanol–water partition coefficient (Wildman–Crippen LogP) is 1.83. The van der Waals surface area contributed by atoms with Gasteiger partial charge in [-0.15, -0.1) is 0 Å². The van der Waals surface area contributed by atoms with Crippen LogP contribution in [0.25, 0.3) is 0 Å². The Labute approximate surface area is 57.9 Å². The van der Waals surface area contributed by atoms with Crippen molar-refractivity contribution in [2.45, 2.75) is 38.9 Å². The van der Waals surface area contributed by atoms with Crippen LogP contribution in [0.15, 0.2) is 0 Å². The van der Waals surface area contributed by atoms with Crippen molar-refractivity contribution in [2.75, 3.05) is 0 Å².